The van der Waals surface area contributed by atoms with Gasteiger partial charge >= 0.3 is 5.97 Å². The molecule has 6 heterocycles. The van der Waals surface area contributed by atoms with Crippen molar-refractivity contribution in [2.45, 2.75) is 50.2 Å². The summed E-state index contributed by atoms with van der Waals surface area (Å²) in [6, 6.07) is 5.59. The SMILES string of the molecule is O=C(O)[C@@H]1C[C@H](Oc2ncc(C3=COCCC3)cc2N2CCC(F)(F)C2)CN1c1cc(-c2cccs2)nc(C(F)F)n1. The van der Waals surface area contributed by atoms with Crippen LogP contribution in [0.5, 0.6) is 5.88 Å². The van der Waals surface area contributed by atoms with Gasteiger partial charge < -0.3 is 24.4 Å². The van der Waals surface area contributed by atoms with Crippen molar-refractivity contribution >= 4 is 34.4 Å². The minimum atomic E-state index is -2.96. The summed E-state index contributed by atoms with van der Waals surface area (Å²) < 4.78 is 67.5. The predicted molar refractivity (Wildman–Crippen MR) is 147 cm³/mol. The van der Waals surface area contributed by atoms with Crippen LogP contribution in [0.3, 0.4) is 0 Å². The number of carboxylic acid groups (broad SMARTS) is 1. The normalized spacial score (nSPS) is 21.9. The Hall–Kier alpha value is -3.94. The highest BCUT2D eigenvalue weighted by Gasteiger charge is 2.42. The molecule has 2 saturated heterocycles. The molecular weight excluding hydrogens is 578 g/mol. The summed E-state index contributed by atoms with van der Waals surface area (Å²) in [7, 11) is 0. The lowest BCUT2D eigenvalue weighted by atomic mass is 10.0. The number of ether oxygens (including phenoxy) is 2. The molecule has 3 aromatic rings. The second kappa shape index (κ2) is 11.4. The van der Waals surface area contributed by atoms with Gasteiger partial charge in [0.2, 0.25) is 5.88 Å². The van der Waals surface area contributed by atoms with Gasteiger partial charge in [0, 0.05) is 37.2 Å². The van der Waals surface area contributed by atoms with Gasteiger partial charge in [-0.3, -0.25) is 0 Å². The van der Waals surface area contributed by atoms with Crippen LogP contribution < -0.4 is 14.5 Å². The van der Waals surface area contributed by atoms with Crippen molar-refractivity contribution in [3.05, 3.63) is 53.5 Å². The topological polar surface area (TPSA) is 101 Å². The molecule has 1 N–H and O–H groups in total. The van der Waals surface area contributed by atoms with E-state index in [-0.39, 0.29) is 43.3 Å². The third kappa shape index (κ3) is 5.85. The van der Waals surface area contributed by atoms with Crippen molar-refractivity contribution in [1.82, 2.24) is 15.0 Å². The van der Waals surface area contributed by atoms with Crippen LogP contribution in [-0.2, 0) is 9.53 Å². The van der Waals surface area contributed by atoms with Crippen molar-refractivity contribution in [2.75, 3.05) is 36.0 Å². The lowest BCUT2D eigenvalue weighted by Crippen LogP contribution is -2.37. The highest BCUT2D eigenvalue weighted by molar-refractivity contribution is 7.13. The van der Waals surface area contributed by atoms with Crippen molar-refractivity contribution in [3.63, 3.8) is 0 Å². The zero-order valence-electron chi connectivity index (χ0n) is 22.3. The van der Waals surface area contributed by atoms with Gasteiger partial charge in [-0.25, -0.2) is 37.3 Å². The number of thiophene rings is 1. The monoisotopic (exact) mass is 605 g/mol. The van der Waals surface area contributed by atoms with Gasteiger partial charge in [-0.05, 0) is 35.9 Å². The van der Waals surface area contributed by atoms with Crippen molar-refractivity contribution < 1.29 is 36.9 Å². The highest BCUT2D eigenvalue weighted by Crippen LogP contribution is 2.39. The molecule has 3 aromatic heterocycles. The summed E-state index contributed by atoms with van der Waals surface area (Å²) in [6.07, 6.45) is 0.789. The van der Waals surface area contributed by atoms with E-state index < -0.39 is 42.8 Å². The first-order valence-corrected chi connectivity index (χ1v) is 14.4. The smallest absolute Gasteiger partial charge is 0.326 e. The summed E-state index contributed by atoms with van der Waals surface area (Å²) in [5.41, 5.74) is 2.26. The number of pyridine rings is 1. The van der Waals surface area contributed by atoms with E-state index in [1.165, 1.54) is 27.2 Å². The molecule has 0 amide bonds. The summed E-state index contributed by atoms with van der Waals surface area (Å²) >= 11 is 1.31. The second-order valence-electron chi connectivity index (χ2n) is 10.4. The van der Waals surface area contributed by atoms with E-state index in [4.69, 9.17) is 9.47 Å². The van der Waals surface area contributed by atoms with E-state index in [9.17, 15) is 27.5 Å². The zero-order chi connectivity index (χ0) is 29.4. The van der Waals surface area contributed by atoms with Crippen molar-refractivity contribution in [3.8, 4) is 16.5 Å². The van der Waals surface area contributed by atoms with Crippen molar-refractivity contribution in [1.29, 1.82) is 0 Å². The first-order valence-electron chi connectivity index (χ1n) is 13.5. The van der Waals surface area contributed by atoms with E-state index in [0.717, 1.165) is 24.0 Å². The van der Waals surface area contributed by atoms with Gasteiger partial charge in [0.1, 0.15) is 23.7 Å². The molecule has 6 rings (SSSR count). The quantitative estimate of drug-likeness (QED) is 0.327. The van der Waals surface area contributed by atoms with Crippen LogP contribution in [0.15, 0.2) is 42.1 Å². The third-order valence-corrected chi connectivity index (χ3v) is 8.36. The minimum absolute atomic E-state index is 0.00143. The van der Waals surface area contributed by atoms with Gasteiger partial charge in [-0.1, -0.05) is 6.07 Å². The zero-order valence-corrected chi connectivity index (χ0v) is 23.1. The number of rotatable bonds is 8. The van der Waals surface area contributed by atoms with Crippen molar-refractivity contribution in [2.24, 2.45) is 0 Å². The molecule has 222 valence electrons. The molecule has 3 aliphatic rings. The molecule has 14 heteroatoms. The maximum Gasteiger partial charge on any atom is 0.326 e. The fraction of sp³-hybridized carbons (Fsp3) is 0.429. The van der Waals surface area contributed by atoms with E-state index >= 15 is 0 Å². The van der Waals surface area contributed by atoms with Crippen LogP contribution in [0.1, 0.15) is 43.5 Å². The first kappa shape index (κ1) is 28.2. The Labute approximate surface area is 242 Å². The van der Waals surface area contributed by atoms with Crippen LogP contribution in [0.2, 0.25) is 0 Å². The molecular formula is C28H27F4N5O4S. The number of hydrogen-bond donors (Lipinski definition) is 1. The fourth-order valence-electron chi connectivity index (χ4n) is 5.43. The van der Waals surface area contributed by atoms with E-state index in [1.807, 2.05) is 0 Å². The van der Waals surface area contributed by atoms with Gasteiger partial charge in [0.05, 0.1) is 36.5 Å². The molecule has 0 spiro atoms. The maximum absolute atomic E-state index is 14.2. The molecule has 0 unspecified atom stereocenters. The van der Waals surface area contributed by atoms with Gasteiger partial charge in [0.25, 0.3) is 12.3 Å². The average molecular weight is 606 g/mol. The fourth-order valence-corrected chi connectivity index (χ4v) is 6.11. The van der Waals surface area contributed by atoms with E-state index in [0.29, 0.717) is 17.2 Å². The maximum atomic E-state index is 14.2. The molecule has 2 atom stereocenters. The molecule has 0 saturated carbocycles. The average Bonchev–Trinajstić information content (AvgIpc) is 3.74. The van der Waals surface area contributed by atoms with Crippen LogP contribution in [0, 0.1) is 0 Å². The summed E-state index contributed by atoms with van der Waals surface area (Å²) in [5, 5.41) is 11.8. The lowest BCUT2D eigenvalue weighted by Gasteiger charge is -2.25. The number of anilines is 2. The number of carbonyl (C=O) groups is 1. The number of carboxylic acids is 1. The largest absolute Gasteiger partial charge is 0.501 e. The van der Waals surface area contributed by atoms with Crippen LogP contribution in [0.4, 0.5) is 29.1 Å². The summed E-state index contributed by atoms with van der Waals surface area (Å²) in [5.74, 6) is -4.62. The number of halogens is 4. The Morgan fingerprint density at radius 1 is 1.26 bits per heavy atom. The molecule has 9 nitrogen and oxygen atoms in total. The third-order valence-electron chi connectivity index (χ3n) is 7.47. The molecule has 0 aromatic carbocycles. The lowest BCUT2D eigenvalue weighted by molar-refractivity contribution is -0.138. The Bertz CT molecular complexity index is 1490. The summed E-state index contributed by atoms with van der Waals surface area (Å²) in [4.78, 5) is 28.2. The van der Waals surface area contributed by atoms with Gasteiger partial charge in [0.15, 0.2) is 5.82 Å². The van der Waals surface area contributed by atoms with Gasteiger partial charge in [-0.2, -0.15) is 0 Å². The standard InChI is InChI=1S/C28H27F4N5O4S/c29-24(30)25-34-19(22-4-2-8-42-22)11-23(35-25)37-13-18(10-21(37)27(38)39)41-26-20(36-6-5-28(31,32)15-36)9-17(12-33-26)16-3-1-7-40-14-16/h2,4,8-9,11-12,14,18,21,24H,1,3,5-7,10,13,15H2,(H,38,39)/t18-,21-/m0/s1. The second-order valence-corrected chi connectivity index (χ2v) is 11.4. The van der Waals surface area contributed by atoms with Crippen LogP contribution in [0.25, 0.3) is 16.1 Å². The Kier molecular flexibility index (Phi) is 7.64. The molecule has 0 aliphatic carbocycles. The number of allylic oxidation sites excluding steroid dienone is 1. The molecule has 3 aliphatic heterocycles. The molecule has 0 bridgehead atoms. The number of nitrogens with zero attached hydrogens (tertiary/aromatic N) is 5. The molecule has 2 fully saturated rings. The van der Waals surface area contributed by atoms with E-state index in [1.54, 1.807) is 36.0 Å². The Balaban J connectivity index is 1.31. The first-order chi connectivity index (χ1) is 20.2. The number of alkyl halides is 4. The number of aromatic nitrogens is 3. The van der Waals surface area contributed by atoms with Gasteiger partial charge in [-0.15, -0.1) is 11.3 Å². The van der Waals surface area contributed by atoms with Crippen LogP contribution >= 0.6 is 11.3 Å². The predicted octanol–water partition coefficient (Wildman–Crippen LogP) is 5.65. The number of hydrogen-bond acceptors (Lipinski definition) is 9. The van der Waals surface area contributed by atoms with E-state index in [2.05, 4.69) is 15.0 Å². The highest BCUT2D eigenvalue weighted by atomic mass is 32.1. The summed E-state index contributed by atoms with van der Waals surface area (Å²) in [6.45, 7) is 0.202. The molecule has 0 radical (unpaired) electrons. The minimum Gasteiger partial charge on any atom is -0.501 e. The Morgan fingerprint density at radius 2 is 2.12 bits per heavy atom. The van der Waals surface area contributed by atoms with Crippen LogP contribution in [-0.4, -0.2) is 70.3 Å². The molecule has 42 heavy (non-hydrogen) atoms. The number of aliphatic carboxylic acids is 1. The Morgan fingerprint density at radius 3 is 2.79 bits per heavy atom.